The molecule has 0 aliphatic heterocycles. The van der Waals surface area contributed by atoms with Crippen LogP contribution in [0.2, 0.25) is 0 Å². The van der Waals surface area contributed by atoms with Crippen molar-refractivity contribution in [3.05, 3.63) is 23.8 Å². The van der Waals surface area contributed by atoms with Crippen LogP contribution in [0.3, 0.4) is 0 Å². The van der Waals surface area contributed by atoms with Gasteiger partial charge in [-0.2, -0.15) is 11.8 Å². The minimum Gasteiger partial charge on any atom is -0.397 e. The van der Waals surface area contributed by atoms with Gasteiger partial charge in [-0.3, -0.25) is 0 Å². The van der Waals surface area contributed by atoms with Crippen molar-refractivity contribution in [1.29, 1.82) is 0 Å². The lowest BCUT2D eigenvalue weighted by Gasteiger charge is -2.30. The fourth-order valence-corrected chi connectivity index (χ4v) is 2.73. The summed E-state index contributed by atoms with van der Waals surface area (Å²) in [7, 11) is 2.13. The molecule has 1 atom stereocenters. The van der Waals surface area contributed by atoms with Crippen LogP contribution in [0.4, 0.5) is 11.4 Å². The standard InChI is InChI=1S/C13H22N2S/c1-5-11(9-16-4)15(3)13-7-6-10(2)8-12(13)14/h6-8,11H,5,9,14H2,1-4H3. The number of aryl methyl sites for hydroxylation is 1. The average molecular weight is 238 g/mol. The van der Waals surface area contributed by atoms with Crippen LogP contribution in [0.25, 0.3) is 0 Å². The topological polar surface area (TPSA) is 29.3 Å². The number of nitrogens with two attached hydrogens (primary N) is 1. The van der Waals surface area contributed by atoms with Crippen molar-refractivity contribution in [1.82, 2.24) is 0 Å². The summed E-state index contributed by atoms with van der Waals surface area (Å²) in [5.41, 5.74) is 9.30. The second-order valence-corrected chi connectivity index (χ2v) is 5.10. The Hall–Kier alpha value is -0.830. The van der Waals surface area contributed by atoms with Crippen molar-refractivity contribution in [2.75, 3.05) is 29.7 Å². The van der Waals surface area contributed by atoms with E-state index in [0.29, 0.717) is 6.04 Å². The Balaban J connectivity index is 2.89. The molecule has 90 valence electrons. The maximum absolute atomic E-state index is 6.06. The third kappa shape index (κ3) is 3.08. The Morgan fingerprint density at radius 3 is 2.62 bits per heavy atom. The first-order valence-corrected chi connectivity index (χ1v) is 7.07. The molecule has 0 aliphatic carbocycles. The lowest BCUT2D eigenvalue weighted by molar-refractivity contribution is 0.674. The molecule has 0 aliphatic rings. The molecule has 16 heavy (non-hydrogen) atoms. The molecule has 2 N–H and O–H groups in total. The molecule has 0 saturated carbocycles. The largest absolute Gasteiger partial charge is 0.397 e. The van der Waals surface area contributed by atoms with E-state index in [-0.39, 0.29) is 0 Å². The molecule has 0 spiro atoms. The molecular weight excluding hydrogens is 216 g/mol. The number of thioether (sulfide) groups is 1. The van der Waals surface area contributed by atoms with Crippen molar-refractivity contribution in [2.24, 2.45) is 0 Å². The molecule has 1 aromatic rings. The molecule has 0 amide bonds. The Kier molecular flexibility index (Phi) is 5.00. The van der Waals surface area contributed by atoms with Gasteiger partial charge < -0.3 is 10.6 Å². The lowest BCUT2D eigenvalue weighted by atomic mass is 10.1. The molecule has 2 nitrogen and oxygen atoms in total. The zero-order chi connectivity index (χ0) is 12.1. The minimum absolute atomic E-state index is 0.556. The molecule has 3 heteroatoms. The minimum atomic E-state index is 0.556. The predicted molar refractivity (Wildman–Crippen MR) is 76.5 cm³/mol. The molecule has 0 bridgehead atoms. The summed E-state index contributed by atoms with van der Waals surface area (Å²) in [6.07, 6.45) is 3.29. The first kappa shape index (κ1) is 13.2. The molecular formula is C13H22N2S. The second-order valence-electron chi connectivity index (χ2n) is 4.19. The van der Waals surface area contributed by atoms with Gasteiger partial charge in [-0.15, -0.1) is 0 Å². The molecule has 1 unspecified atom stereocenters. The maximum Gasteiger partial charge on any atom is 0.0600 e. The molecule has 0 saturated heterocycles. The molecule has 1 aromatic carbocycles. The number of benzene rings is 1. The van der Waals surface area contributed by atoms with E-state index in [1.54, 1.807) is 0 Å². The van der Waals surface area contributed by atoms with Crippen LogP contribution < -0.4 is 10.6 Å². The normalized spacial score (nSPS) is 12.5. The van der Waals surface area contributed by atoms with Crippen LogP contribution in [0.5, 0.6) is 0 Å². The highest BCUT2D eigenvalue weighted by atomic mass is 32.2. The number of hydrogen-bond donors (Lipinski definition) is 1. The van der Waals surface area contributed by atoms with E-state index in [1.807, 2.05) is 17.8 Å². The fourth-order valence-electron chi connectivity index (χ4n) is 1.89. The Morgan fingerprint density at radius 1 is 1.44 bits per heavy atom. The number of nitrogen functional groups attached to an aromatic ring is 1. The zero-order valence-electron chi connectivity index (χ0n) is 10.7. The van der Waals surface area contributed by atoms with E-state index in [0.717, 1.165) is 23.5 Å². The van der Waals surface area contributed by atoms with Gasteiger partial charge in [0.15, 0.2) is 0 Å². The third-order valence-corrected chi connectivity index (χ3v) is 3.66. The summed E-state index contributed by atoms with van der Waals surface area (Å²) < 4.78 is 0. The Morgan fingerprint density at radius 2 is 2.12 bits per heavy atom. The van der Waals surface area contributed by atoms with Gasteiger partial charge in [-0.25, -0.2) is 0 Å². The van der Waals surface area contributed by atoms with E-state index in [2.05, 4.69) is 44.2 Å². The van der Waals surface area contributed by atoms with Crippen molar-refractivity contribution in [2.45, 2.75) is 26.3 Å². The highest BCUT2D eigenvalue weighted by Gasteiger charge is 2.14. The molecule has 0 heterocycles. The summed E-state index contributed by atoms with van der Waals surface area (Å²) in [5, 5.41) is 0. The SMILES string of the molecule is CCC(CSC)N(C)c1ccc(C)cc1N. The number of rotatable bonds is 5. The third-order valence-electron chi connectivity index (χ3n) is 2.94. The average Bonchev–Trinajstić information content (AvgIpc) is 2.25. The van der Waals surface area contributed by atoms with Crippen LogP contribution in [0.15, 0.2) is 18.2 Å². The lowest BCUT2D eigenvalue weighted by Crippen LogP contribution is -2.33. The van der Waals surface area contributed by atoms with Crippen LogP contribution in [0, 0.1) is 6.92 Å². The van der Waals surface area contributed by atoms with E-state index in [9.17, 15) is 0 Å². The van der Waals surface area contributed by atoms with E-state index >= 15 is 0 Å². The van der Waals surface area contributed by atoms with Crippen molar-refractivity contribution >= 4 is 23.1 Å². The van der Waals surface area contributed by atoms with Crippen LogP contribution in [0.1, 0.15) is 18.9 Å². The highest BCUT2D eigenvalue weighted by molar-refractivity contribution is 7.98. The molecule has 1 rings (SSSR count). The van der Waals surface area contributed by atoms with Crippen LogP contribution in [-0.2, 0) is 0 Å². The van der Waals surface area contributed by atoms with Gasteiger partial charge in [-0.05, 0) is 37.3 Å². The van der Waals surface area contributed by atoms with Crippen molar-refractivity contribution in [3.8, 4) is 0 Å². The maximum atomic E-state index is 6.06. The summed E-state index contributed by atoms with van der Waals surface area (Å²) in [6, 6.07) is 6.83. The summed E-state index contributed by atoms with van der Waals surface area (Å²) in [6.45, 7) is 4.29. The van der Waals surface area contributed by atoms with Gasteiger partial charge in [0.2, 0.25) is 0 Å². The predicted octanol–water partition coefficient (Wildman–Crippen LogP) is 3.16. The number of nitrogens with zero attached hydrogens (tertiary/aromatic N) is 1. The molecule has 0 radical (unpaired) electrons. The van der Waals surface area contributed by atoms with Gasteiger partial charge in [0.1, 0.15) is 0 Å². The van der Waals surface area contributed by atoms with E-state index < -0.39 is 0 Å². The zero-order valence-corrected chi connectivity index (χ0v) is 11.5. The van der Waals surface area contributed by atoms with Crippen LogP contribution in [-0.4, -0.2) is 25.1 Å². The van der Waals surface area contributed by atoms with Gasteiger partial charge in [-0.1, -0.05) is 13.0 Å². The fraction of sp³-hybridized carbons (Fsp3) is 0.538. The van der Waals surface area contributed by atoms with Gasteiger partial charge >= 0.3 is 0 Å². The van der Waals surface area contributed by atoms with Gasteiger partial charge in [0.05, 0.1) is 11.4 Å². The van der Waals surface area contributed by atoms with E-state index in [4.69, 9.17) is 5.73 Å². The summed E-state index contributed by atoms with van der Waals surface area (Å²) in [5.74, 6) is 1.14. The first-order chi connectivity index (χ1) is 7.60. The quantitative estimate of drug-likeness (QED) is 0.799. The summed E-state index contributed by atoms with van der Waals surface area (Å²) in [4.78, 5) is 2.30. The highest BCUT2D eigenvalue weighted by Crippen LogP contribution is 2.26. The number of hydrogen-bond acceptors (Lipinski definition) is 3. The van der Waals surface area contributed by atoms with Gasteiger partial charge in [0.25, 0.3) is 0 Å². The second kappa shape index (κ2) is 6.04. The smallest absolute Gasteiger partial charge is 0.0600 e. The Labute approximate surface area is 103 Å². The monoisotopic (exact) mass is 238 g/mol. The Bertz CT molecular complexity index is 339. The number of anilines is 2. The molecule has 0 aromatic heterocycles. The first-order valence-electron chi connectivity index (χ1n) is 5.68. The van der Waals surface area contributed by atoms with E-state index in [1.165, 1.54) is 5.56 Å². The van der Waals surface area contributed by atoms with Crippen molar-refractivity contribution in [3.63, 3.8) is 0 Å². The van der Waals surface area contributed by atoms with Crippen LogP contribution >= 0.6 is 11.8 Å². The molecule has 0 fully saturated rings. The van der Waals surface area contributed by atoms with Gasteiger partial charge in [0, 0.05) is 18.8 Å². The summed E-state index contributed by atoms with van der Waals surface area (Å²) >= 11 is 1.88. The van der Waals surface area contributed by atoms with Crippen molar-refractivity contribution < 1.29 is 0 Å².